The van der Waals surface area contributed by atoms with E-state index >= 15 is 0 Å². The second kappa shape index (κ2) is 15.0. The van der Waals surface area contributed by atoms with Gasteiger partial charge in [0.15, 0.2) is 0 Å². The van der Waals surface area contributed by atoms with Gasteiger partial charge in [-0.15, -0.1) is 0 Å². The summed E-state index contributed by atoms with van der Waals surface area (Å²) in [5, 5.41) is 8.62. The van der Waals surface area contributed by atoms with Crippen molar-refractivity contribution in [1.29, 1.82) is 0 Å². The van der Waals surface area contributed by atoms with Crippen LogP contribution in [0.25, 0.3) is 0 Å². The fourth-order valence-electron chi connectivity index (χ4n) is 2.66. The Morgan fingerprint density at radius 3 is 1.64 bits per heavy atom. The first-order valence-corrected chi connectivity index (χ1v) is 10.7. The van der Waals surface area contributed by atoms with Gasteiger partial charge in [0.05, 0.1) is 3.23 Å². The summed E-state index contributed by atoms with van der Waals surface area (Å²) < 4.78 is 0.0126. The van der Waals surface area contributed by atoms with E-state index in [2.05, 4.69) is 38.8 Å². The number of halogens is 2. The molecule has 0 aromatic rings. The summed E-state index contributed by atoms with van der Waals surface area (Å²) in [5.74, 6) is -0.690. The average molecular weight is 442 g/mol. The summed E-state index contributed by atoms with van der Waals surface area (Å²) in [4.78, 5) is 10.5. The quantitative estimate of drug-likeness (QED) is 0.199. The number of unbranched alkanes of at least 4 members (excludes halogenated alkanes) is 10. The topological polar surface area (TPSA) is 37.3 Å². The molecule has 2 nitrogen and oxygen atoms in total. The number of alkyl halides is 2. The molecule has 0 aliphatic rings. The predicted molar refractivity (Wildman–Crippen MR) is 103 cm³/mol. The van der Waals surface area contributed by atoms with Crippen LogP contribution in [0.15, 0.2) is 0 Å². The highest BCUT2D eigenvalue weighted by molar-refractivity contribution is 9.25. The summed E-state index contributed by atoms with van der Waals surface area (Å²) in [7, 11) is 0. The molecule has 132 valence electrons. The zero-order valence-corrected chi connectivity index (χ0v) is 17.4. The van der Waals surface area contributed by atoms with Crippen molar-refractivity contribution >= 4 is 37.8 Å². The van der Waals surface area contributed by atoms with Crippen LogP contribution in [0.5, 0.6) is 0 Å². The third-order valence-electron chi connectivity index (χ3n) is 4.08. The number of hydrogen-bond acceptors (Lipinski definition) is 1. The summed E-state index contributed by atoms with van der Waals surface area (Å²) in [6.07, 6.45) is 17.8. The molecule has 0 aromatic heterocycles. The number of carbonyl (C=O) groups is 1. The first kappa shape index (κ1) is 22.4. The van der Waals surface area contributed by atoms with Crippen molar-refractivity contribution in [1.82, 2.24) is 0 Å². The minimum atomic E-state index is -0.690. The maximum Gasteiger partial charge on any atom is 0.303 e. The molecule has 1 N–H and O–H groups in total. The van der Waals surface area contributed by atoms with E-state index in [9.17, 15) is 4.79 Å². The van der Waals surface area contributed by atoms with Crippen molar-refractivity contribution in [3.05, 3.63) is 0 Å². The van der Waals surface area contributed by atoms with E-state index in [1.807, 2.05) is 0 Å². The Morgan fingerprint density at radius 1 is 0.773 bits per heavy atom. The summed E-state index contributed by atoms with van der Waals surface area (Å²) >= 11 is 7.47. The SMILES string of the molecule is CCCCCCCCCCCCC(Br)(Br)CCCCC(=O)O. The zero-order valence-electron chi connectivity index (χ0n) is 14.2. The summed E-state index contributed by atoms with van der Waals surface area (Å²) in [6.45, 7) is 2.26. The minimum Gasteiger partial charge on any atom is -0.481 e. The highest BCUT2D eigenvalue weighted by Gasteiger charge is 2.21. The molecule has 22 heavy (non-hydrogen) atoms. The van der Waals surface area contributed by atoms with E-state index in [4.69, 9.17) is 5.11 Å². The molecule has 0 aliphatic carbocycles. The molecular weight excluding hydrogens is 408 g/mol. The van der Waals surface area contributed by atoms with Crippen molar-refractivity contribution in [2.75, 3.05) is 0 Å². The lowest BCUT2D eigenvalue weighted by molar-refractivity contribution is -0.137. The Hall–Kier alpha value is 0.430. The molecule has 0 fully saturated rings. The van der Waals surface area contributed by atoms with Crippen molar-refractivity contribution in [3.8, 4) is 0 Å². The normalized spacial score (nSPS) is 11.8. The van der Waals surface area contributed by atoms with Gasteiger partial charge in [0.25, 0.3) is 0 Å². The largest absolute Gasteiger partial charge is 0.481 e. The Morgan fingerprint density at radius 2 is 1.18 bits per heavy atom. The highest BCUT2D eigenvalue weighted by Crippen LogP contribution is 2.37. The van der Waals surface area contributed by atoms with Gasteiger partial charge in [-0.1, -0.05) is 109 Å². The smallest absolute Gasteiger partial charge is 0.303 e. The Labute approximate surface area is 154 Å². The van der Waals surface area contributed by atoms with E-state index in [-0.39, 0.29) is 9.65 Å². The monoisotopic (exact) mass is 440 g/mol. The lowest BCUT2D eigenvalue weighted by atomic mass is 10.0. The van der Waals surface area contributed by atoms with Gasteiger partial charge in [0.1, 0.15) is 0 Å². The standard InChI is InChI=1S/C18H34Br2O2/c1-2-3-4-5-6-7-8-9-10-12-15-18(19,20)16-13-11-14-17(21)22/h2-16H2,1H3,(H,21,22). The molecule has 4 heteroatoms. The summed E-state index contributed by atoms with van der Waals surface area (Å²) in [6, 6.07) is 0. The van der Waals surface area contributed by atoms with E-state index < -0.39 is 5.97 Å². The zero-order chi connectivity index (χ0) is 16.7. The first-order chi connectivity index (χ1) is 10.5. The maximum absolute atomic E-state index is 10.5. The second-order valence-corrected chi connectivity index (χ2v) is 10.5. The number of aliphatic carboxylic acids is 1. The molecule has 0 saturated heterocycles. The van der Waals surface area contributed by atoms with Crippen LogP contribution in [-0.2, 0) is 4.79 Å². The molecule has 0 amide bonds. The molecule has 0 spiro atoms. The fraction of sp³-hybridized carbons (Fsp3) is 0.944. The van der Waals surface area contributed by atoms with Crippen molar-refractivity contribution < 1.29 is 9.90 Å². The van der Waals surface area contributed by atoms with Crippen LogP contribution in [0.1, 0.15) is 103 Å². The number of carboxylic acids is 1. The van der Waals surface area contributed by atoms with Crippen LogP contribution < -0.4 is 0 Å². The van der Waals surface area contributed by atoms with Crippen molar-refractivity contribution in [3.63, 3.8) is 0 Å². The lowest BCUT2D eigenvalue weighted by Gasteiger charge is -2.20. The molecule has 0 aliphatic heterocycles. The number of carboxylic acid groups (broad SMARTS) is 1. The van der Waals surface area contributed by atoms with Gasteiger partial charge in [0.2, 0.25) is 0 Å². The van der Waals surface area contributed by atoms with Gasteiger partial charge in [-0.05, 0) is 19.3 Å². The van der Waals surface area contributed by atoms with Gasteiger partial charge in [-0.2, -0.15) is 0 Å². The molecule has 0 heterocycles. The van der Waals surface area contributed by atoms with Gasteiger partial charge < -0.3 is 5.11 Å². The van der Waals surface area contributed by atoms with Gasteiger partial charge in [-0.3, -0.25) is 4.79 Å². The maximum atomic E-state index is 10.5. The third kappa shape index (κ3) is 16.8. The van der Waals surface area contributed by atoms with Crippen LogP contribution in [0.2, 0.25) is 0 Å². The Bertz CT molecular complexity index is 268. The Kier molecular flexibility index (Phi) is 15.3. The molecule has 0 saturated carbocycles. The number of rotatable bonds is 16. The lowest BCUT2D eigenvalue weighted by Crippen LogP contribution is -2.11. The van der Waals surface area contributed by atoms with Crippen LogP contribution in [0.4, 0.5) is 0 Å². The molecule has 0 rings (SSSR count). The Balaban J connectivity index is 3.35. The van der Waals surface area contributed by atoms with Crippen LogP contribution in [0, 0.1) is 0 Å². The van der Waals surface area contributed by atoms with Gasteiger partial charge >= 0.3 is 5.97 Å². The van der Waals surface area contributed by atoms with Gasteiger partial charge in [0, 0.05) is 6.42 Å². The summed E-state index contributed by atoms with van der Waals surface area (Å²) in [5.41, 5.74) is 0. The van der Waals surface area contributed by atoms with E-state index in [0.29, 0.717) is 0 Å². The highest BCUT2D eigenvalue weighted by atomic mass is 79.9. The van der Waals surface area contributed by atoms with E-state index in [0.717, 1.165) is 25.7 Å². The third-order valence-corrected chi connectivity index (χ3v) is 5.67. The fourth-order valence-corrected chi connectivity index (χ4v) is 3.78. The van der Waals surface area contributed by atoms with Crippen molar-refractivity contribution in [2.24, 2.45) is 0 Å². The molecule has 0 atom stereocenters. The second-order valence-electron chi connectivity index (χ2n) is 6.39. The molecule has 0 bridgehead atoms. The number of hydrogen-bond donors (Lipinski definition) is 1. The van der Waals surface area contributed by atoms with Crippen molar-refractivity contribution in [2.45, 2.75) is 106 Å². The van der Waals surface area contributed by atoms with Crippen LogP contribution >= 0.6 is 31.9 Å². The van der Waals surface area contributed by atoms with Gasteiger partial charge in [-0.25, -0.2) is 0 Å². The molecule has 0 aromatic carbocycles. The molecule has 0 radical (unpaired) electrons. The van der Waals surface area contributed by atoms with Crippen LogP contribution in [-0.4, -0.2) is 14.3 Å². The first-order valence-electron chi connectivity index (χ1n) is 9.07. The molecular formula is C18H34Br2O2. The molecule has 0 unspecified atom stereocenters. The average Bonchev–Trinajstić information content (AvgIpc) is 2.45. The predicted octanol–water partition coefficient (Wildman–Crippen LogP) is 7.43. The minimum absolute atomic E-state index is 0.0126. The van der Waals surface area contributed by atoms with Crippen LogP contribution in [0.3, 0.4) is 0 Å². The van der Waals surface area contributed by atoms with E-state index in [1.54, 1.807) is 0 Å². The van der Waals surface area contributed by atoms with E-state index in [1.165, 1.54) is 64.2 Å².